The molecule has 0 unspecified atom stereocenters. The molecule has 106 valence electrons. The van der Waals surface area contributed by atoms with E-state index in [1.807, 2.05) is 18.2 Å². The Hall–Kier alpha value is -0.770. The topological polar surface area (TPSA) is 43.7 Å². The average Bonchev–Trinajstić information content (AvgIpc) is 2.46. The lowest BCUT2D eigenvalue weighted by atomic mass is 9.93. The Balaban J connectivity index is 2.32. The van der Waals surface area contributed by atoms with Crippen molar-refractivity contribution in [3.8, 4) is 0 Å². The normalized spacial score (nSPS) is 16.6. The summed E-state index contributed by atoms with van der Waals surface area (Å²) in [4.78, 5) is 2.19. The Morgan fingerprint density at radius 3 is 2.53 bits per heavy atom. The van der Waals surface area contributed by atoms with Crippen molar-refractivity contribution in [3.05, 3.63) is 28.8 Å². The summed E-state index contributed by atoms with van der Waals surface area (Å²) in [6, 6.07) is 6.03. The van der Waals surface area contributed by atoms with Crippen molar-refractivity contribution in [2.75, 3.05) is 18.1 Å². The molecule has 0 atom stereocenters. The molecule has 4 heteroatoms. The van der Waals surface area contributed by atoms with Crippen LogP contribution in [0.15, 0.2) is 18.2 Å². The van der Waals surface area contributed by atoms with E-state index >= 15 is 0 Å². The minimum Gasteiger partial charge on any atom is -0.395 e. The molecule has 0 amide bonds. The zero-order valence-electron chi connectivity index (χ0n) is 11.2. The van der Waals surface area contributed by atoms with Crippen LogP contribution in [-0.2, 0) is 6.61 Å². The van der Waals surface area contributed by atoms with Crippen molar-refractivity contribution in [2.45, 2.75) is 44.8 Å². The molecule has 0 aliphatic heterocycles. The smallest absolute Gasteiger partial charge is 0.0702 e. The monoisotopic (exact) mass is 283 g/mol. The Labute approximate surface area is 119 Å². The molecule has 0 heterocycles. The van der Waals surface area contributed by atoms with Crippen LogP contribution in [0.25, 0.3) is 0 Å². The molecule has 0 radical (unpaired) electrons. The van der Waals surface area contributed by atoms with Crippen LogP contribution in [0.3, 0.4) is 0 Å². The zero-order chi connectivity index (χ0) is 13.7. The SMILES string of the molecule is OCCN(c1c(Cl)cccc1CO)C1CCCCC1. The fraction of sp³-hybridized carbons (Fsp3) is 0.600. The molecule has 1 saturated carbocycles. The number of anilines is 1. The van der Waals surface area contributed by atoms with Gasteiger partial charge in [0.25, 0.3) is 0 Å². The molecule has 0 spiro atoms. The second-order valence-electron chi connectivity index (χ2n) is 5.11. The minimum absolute atomic E-state index is 0.0233. The van der Waals surface area contributed by atoms with Gasteiger partial charge in [-0.3, -0.25) is 0 Å². The summed E-state index contributed by atoms with van der Waals surface area (Å²) in [5, 5.41) is 19.5. The van der Waals surface area contributed by atoms with Crippen molar-refractivity contribution < 1.29 is 10.2 Å². The predicted molar refractivity (Wildman–Crippen MR) is 78.7 cm³/mol. The van der Waals surface area contributed by atoms with Gasteiger partial charge in [0.1, 0.15) is 0 Å². The summed E-state index contributed by atoms with van der Waals surface area (Å²) in [6.45, 7) is 0.651. The number of benzene rings is 1. The van der Waals surface area contributed by atoms with Gasteiger partial charge in [-0.05, 0) is 18.9 Å². The van der Waals surface area contributed by atoms with Crippen LogP contribution < -0.4 is 4.90 Å². The maximum Gasteiger partial charge on any atom is 0.0702 e. The number of aliphatic hydroxyl groups is 2. The molecular weight excluding hydrogens is 262 g/mol. The Morgan fingerprint density at radius 1 is 1.16 bits per heavy atom. The third-order valence-corrected chi connectivity index (χ3v) is 4.19. The van der Waals surface area contributed by atoms with Crippen LogP contribution >= 0.6 is 11.6 Å². The highest BCUT2D eigenvalue weighted by molar-refractivity contribution is 6.33. The summed E-state index contributed by atoms with van der Waals surface area (Å²) < 4.78 is 0. The van der Waals surface area contributed by atoms with E-state index in [0.29, 0.717) is 17.6 Å². The molecule has 0 bridgehead atoms. The fourth-order valence-corrected chi connectivity index (χ4v) is 3.29. The summed E-state index contributed by atoms with van der Waals surface area (Å²) >= 11 is 6.32. The van der Waals surface area contributed by atoms with Gasteiger partial charge in [0.05, 0.1) is 23.9 Å². The maximum absolute atomic E-state index is 9.51. The lowest BCUT2D eigenvalue weighted by molar-refractivity contribution is 0.277. The van der Waals surface area contributed by atoms with Gasteiger partial charge in [0.2, 0.25) is 0 Å². The molecule has 2 N–H and O–H groups in total. The predicted octanol–water partition coefficient (Wildman–Crippen LogP) is 2.96. The maximum atomic E-state index is 9.51. The first-order chi connectivity index (χ1) is 9.27. The van der Waals surface area contributed by atoms with Crippen molar-refractivity contribution in [1.82, 2.24) is 0 Å². The average molecular weight is 284 g/mol. The number of halogens is 1. The highest BCUT2D eigenvalue weighted by Gasteiger charge is 2.24. The number of nitrogens with zero attached hydrogens (tertiary/aromatic N) is 1. The van der Waals surface area contributed by atoms with Crippen LogP contribution in [0, 0.1) is 0 Å². The largest absolute Gasteiger partial charge is 0.395 e. The van der Waals surface area contributed by atoms with Crippen molar-refractivity contribution >= 4 is 17.3 Å². The summed E-state index contributed by atoms with van der Waals surface area (Å²) in [5.41, 5.74) is 1.74. The van der Waals surface area contributed by atoms with Crippen LogP contribution in [0.1, 0.15) is 37.7 Å². The lowest BCUT2D eigenvalue weighted by Crippen LogP contribution is -2.39. The highest BCUT2D eigenvalue weighted by Crippen LogP contribution is 2.34. The van der Waals surface area contributed by atoms with E-state index in [-0.39, 0.29) is 13.2 Å². The number of hydrogen-bond donors (Lipinski definition) is 2. The molecule has 2 rings (SSSR count). The lowest BCUT2D eigenvalue weighted by Gasteiger charge is -2.37. The Kier molecular flexibility index (Phi) is 5.49. The van der Waals surface area contributed by atoms with Crippen molar-refractivity contribution in [3.63, 3.8) is 0 Å². The van der Waals surface area contributed by atoms with Gasteiger partial charge in [0, 0.05) is 18.2 Å². The summed E-state index contributed by atoms with van der Waals surface area (Å²) in [7, 11) is 0. The van der Waals surface area contributed by atoms with Crippen molar-refractivity contribution in [1.29, 1.82) is 0 Å². The zero-order valence-corrected chi connectivity index (χ0v) is 11.9. The van der Waals surface area contributed by atoms with Crippen LogP contribution in [0.2, 0.25) is 5.02 Å². The summed E-state index contributed by atoms with van der Waals surface area (Å²) in [5.74, 6) is 0. The van der Waals surface area contributed by atoms with Crippen LogP contribution in [0.5, 0.6) is 0 Å². The molecule has 3 nitrogen and oxygen atoms in total. The molecule has 1 aliphatic carbocycles. The van der Waals surface area contributed by atoms with E-state index in [2.05, 4.69) is 4.90 Å². The highest BCUT2D eigenvalue weighted by atomic mass is 35.5. The van der Waals surface area contributed by atoms with E-state index in [9.17, 15) is 10.2 Å². The first-order valence-corrected chi connectivity index (χ1v) is 7.41. The second kappa shape index (κ2) is 7.13. The first-order valence-electron chi connectivity index (χ1n) is 7.03. The Morgan fingerprint density at radius 2 is 1.89 bits per heavy atom. The molecule has 19 heavy (non-hydrogen) atoms. The minimum atomic E-state index is -0.0233. The van der Waals surface area contributed by atoms with E-state index in [0.717, 1.165) is 24.1 Å². The first kappa shape index (κ1) is 14.6. The van der Waals surface area contributed by atoms with E-state index in [1.54, 1.807) is 0 Å². The third-order valence-electron chi connectivity index (χ3n) is 3.88. The van der Waals surface area contributed by atoms with Gasteiger partial charge in [-0.15, -0.1) is 0 Å². The van der Waals surface area contributed by atoms with E-state index in [1.165, 1.54) is 19.3 Å². The Bertz CT molecular complexity index is 405. The number of rotatable bonds is 5. The van der Waals surface area contributed by atoms with E-state index in [4.69, 9.17) is 11.6 Å². The standard InChI is InChI=1S/C15H22ClNO2/c16-14-8-4-5-12(11-19)15(14)17(9-10-18)13-6-2-1-3-7-13/h4-5,8,13,18-19H,1-3,6-7,9-11H2. The molecule has 1 aromatic carbocycles. The fourth-order valence-electron chi connectivity index (χ4n) is 2.99. The number of hydrogen-bond acceptors (Lipinski definition) is 3. The molecule has 1 fully saturated rings. The third kappa shape index (κ3) is 3.41. The number of aliphatic hydroxyl groups excluding tert-OH is 2. The molecule has 0 saturated heterocycles. The van der Waals surface area contributed by atoms with Gasteiger partial charge in [0.15, 0.2) is 0 Å². The second-order valence-corrected chi connectivity index (χ2v) is 5.52. The molecule has 1 aliphatic rings. The van der Waals surface area contributed by atoms with Gasteiger partial charge in [-0.25, -0.2) is 0 Å². The van der Waals surface area contributed by atoms with Crippen LogP contribution in [0.4, 0.5) is 5.69 Å². The molecule has 0 aromatic heterocycles. The van der Waals surface area contributed by atoms with E-state index < -0.39 is 0 Å². The molecule has 1 aromatic rings. The van der Waals surface area contributed by atoms with Gasteiger partial charge in [-0.2, -0.15) is 0 Å². The van der Waals surface area contributed by atoms with Crippen molar-refractivity contribution in [2.24, 2.45) is 0 Å². The van der Waals surface area contributed by atoms with Gasteiger partial charge >= 0.3 is 0 Å². The number of para-hydroxylation sites is 1. The van der Waals surface area contributed by atoms with Gasteiger partial charge in [-0.1, -0.05) is 43.0 Å². The molecular formula is C15H22ClNO2. The van der Waals surface area contributed by atoms with Crippen LogP contribution in [-0.4, -0.2) is 29.4 Å². The van der Waals surface area contributed by atoms with Gasteiger partial charge < -0.3 is 15.1 Å². The summed E-state index contributed by atoms with van der Waals surface area (Å²) in [6.07, 6.45) is 6.02. The quantitative estimate of drug-likeness (QED) is 0.873.